The van der Waals surface area contributed by atoms with E-state index >= 15 is 0 Å². The fraction of sp³-hybridized carbons (Fsp3) is 0.130. The fourth-order valence-electron chi connectivity index (χ4n) is 2.97. The normalized spacial score (nSPS) is 10.6. The van der Waals surface area contributed by atoms with Crippen LogP contribution in [0.3, 0.4) is 0 Å². The minimum absolute atomic E-state index is 0.108. The van der Waals surface area contributed by atoms with Gasteiger partial charge in [-0.2, -0.15) is 0 Å². The van der Waals surface area contributed by atoms with Crippen LogP contribution in [-0.4, -0.2) is 20.9 Å². The molecule has 0 bridgehead atoms. The second-order valence-electron chi connectivity index (χ2n) is 6.77. The van der Waals surface area contributed by atoms with Crippen molar-refractivity contribution < 1.29 is 9.53 Å². The molecule has 0 aliphatic rings. The van der Waals surface area contributed by atoms with E-state index in [1.165, 1.54) is 11.8 Å². The second kappa shape index (κ2) is 8.84. The number of carbonyl (C=O) groups is 1. The molecule has 6 nitrogen and oxygen atoms in total. The lowest BCUT2D eigenvalue weighted by Gasteiger charge is -2.08. The summed E-state index contributed by atoms with van der Waals surface area (Å²) < 4.78 is 5.68. The van der Waals surface area contributed by atoms with E-state index in [1.807, 2.05) is 38.1 Å². The van der Waals surface area contributed by atoms with Crippen LogP contribution in [0.25, 0.3) is 11.3 Å². The van der Waals surface area contributed by atoms with Crippen LogP contribution in [0.15, 0.2) is 67.1 Å². The van der Waals surface area contributed by atoms with E-state index in [0.29, 0.717) is 17.3 Å². The summed E-state index contributed by atoms with van der Waals surface area (Å²) in [7, 11) is 0. The van der Waals surface area contributed by atoms with Crippen molar-refractivity contribution in [3.8, 4) is 22.9 Å². The van der Waals surface area contributed by atoms with E-state index in [0.717, 1.165) is 21.1 Å². The predicted molar refractivity (Wildman–Crippen MR) is 118 cm³/mol. The molecule has 0 atom stereocenters. The van der Waals surface area contributed by atoms with Crippen LogP contribution in [0.4, 0.5) is 5.69 Å². The zero-order valence-electron chi connectivity index (χ0n) is 16.6. The van der Waals surface area contributed by atoms with Crippen LogP contribution in [-0.2, 0) is 11.2 Å². The molecule has 2 heterocycles. The Hall–Kier alpha value is -3.58. The zero-order chi connectivity index (χ0) is 20.9. The minimum atomic E-state index is -0.108. The monoisotopic (exact) mass is 416 g/mol. The summed E-state index contributed by atoms with van der Waals surface area (Å²) in [6, 6.07) is 15.4. The molecular weight excluding hydrogens is 396 g/mol. The van der Waals surface area contributed by atoms with Crippen LogP contribution in [0, 0.1) is 13.8 Å². The number of hydrogen-bond donors (Lipinski definition) is 1. The lowest BCUT2D eigenvalue weighted by atomic mass is 10.1. The largest absolute Gasteiger partial charge is 0.437 e. The van der Waals surface area contributed by atoms with Crippen LogP contribution in [0.1, 0.15) is 15.4 Å². The van der Waals surface area contributed by atoms with E-state index in [1.54, 1.807) is 35.9 Å². The molecule has 150 valence electrons. The molecule has 1 amide bonds. The highest BCUT2D eigenvalue weighted by Gasteiger charge is 2.15. The summed E-state index contributed by atoms with van der Waals surface area (Å²) in [6.07, 6.45) is 4.92. The maximum atomic E-state index is 12.7. The first kappa shape index (κ1) is 19.7. The van der Waals surface area contributed by atoms with Gasteiger partial charge in [0.25, 0.3) is 0 Å². The van der Waals surface area contributed by atoms with Gasteiger partial charge >= 0.3 is 0 Å². The molecule has 2 aromatic carbocycles. The Balaban J connectivity index is 1.47. The molecule has 0 aliphatic carbocycles. The summed E-state index contributed by atoms with van der Waals surface area (Å²) in [5, 5.41) is 3.88. The highest BCUT2D eigenvalue weighted by molar-refractivity contribution is 7.12. The average molecular weight is 417 g/mol. The van der Waals surface area contributed by atoms with Gasteiger partial charge in [0.2, 0.25) is 11.8 Å². The molecule has 30 heavy (non-hydrogen) atoms. The first-order valence-corrected chi connectivity index (χ1v) is 10.3. The van der Waals surface area contributed by atoms with Crippen molar-refractivity contribution in [2.45, 2.75) is 20.3 Å². The van der Waals surface area contributed by atoms with Crippen LogP contribution < -0.4 is 10.1 Å². The van der Waals surface area contributed by atoms with Gasteiger partial charge in [0, 0.05) is 34.6 Å². The van der Waals surface area contributed by atoms with Crippen molar-refractivity contribution in [3.63, 3.8) is 0 Å². The SMILES string of the molecule is Cc1ccc(-c2nc(C)sc2CC(=O)Nc2cccc(Oc3cnccn3)c2)cc1. The summed E-state index contributed by atoms with van der Waals surface area (Å²) in [6.45, 7) is 4.00. The molecule has 4 rings (SSSR count). The Bertz CT molecular complexity index is 1160. The number of ether oxygens (including phenoxy) is 1. The van der Waals surface area contributed by atoms with E-state index in [2.05, 4.69) is 32.4 Å². The van der Waals surface area contributed by atoms with Gasteiger partial charge in [-0.1, -0.05) is 35.9 Å². The third-order valence-corrected chi connectivity index (χ3v) is 5.30. The Morgan fingerprint density at radius 1 is 1.10 bits per heavy atom. The number of benzene rings is 2. The topological polar surface area (TPSA) is 77.0 Å². The lowest BCUT2D eigenvalue weighted by molar-refractivity contribution is -0.115. The second-order valence-corrected chi connectivity index (χ2v) is 8.06. The Labute approximate surface area is 178 Å². The van der Waals surface area contributed by atoms with Crippen molar-refractivity contribution in [3.05, 3.63) is 82.6 Å². The number of hydrogen-bond acceptors (Lipinski definition) is 6. The van der Waals surface area contributed by atoms with Gasteiger partial charge in [-0.3, -0.25) is 9.78 Å². The molecule has 1 N–H and O–H groups in total. The highest BCUT2D eigenvalue weighted by Crippen LogP contribution is 2.29. The first-order valence-electron chi connectivity index (χ1n) is 9.44. The molecule has 0 spiro atoms. The molecule has 0 radical (unpaired) electrons. The summed E-state index contributed by atoms with van der Waals surface area (Å²) in [5.74, 6) is 0.856. The van der Waals surface area contributed by atoms with Gasteiger partial charge in [-0.05, 0) is 26.0 Å². The molecular formula is C23H20N4O2S. The summed E-state index contributed by atoms with van der Waals surface area (Å²) >= 11 is 1.55. The average Bonchev–Trinajstić information content (AvgIpc) is 3.09. The standard InChI is InChI=1S/C23H20N4O2S/c1-15-6-8-17(9-7-15)23-20(30-16(2)26-23)13-21(28)27-18-4-3-5-19(12-18)29-22-14-24-10-11-25-22/h3-12,14H,13H2,1-2H3,(H,27,28). The number of rotatable bonds is 6. The number of nitrogens with one attached hydrogen (secondary N) is 1. The predicted octanol–water partition coefficient (Wildman–Crippen LogP) is 5.19. The number of carbonyl (C=O) groups excluding carboxylic acids is 1. The third-order valence-electron chi connectivity index (χ3n) is 4.33. The maximum absolute atomic E-state index is 12.7. The van der Waals surface area contributed by atoms with Crippen molar-refractivity contribution in [2.75, 3.05) is 5.32 Å². The Morgan fingerprint density at radius 3 is 2.70 bits per heavy atom. The molecule has 0 aliphatic heterocycles. The highest BCUT2D eigenvalue weighted by atomic mass is 32.1. The van der Waals surface area contributed by atoms with E-state index < -0.39 is 0 Å². The minimum Gasteiger partial charge on any atom is -0.437 e. The van der Waals surface area contributed by atoms with Crippen molar-refractivity contribution in [1.29, 1.82) is 0 Å². The lowest BCUT2D eigenvalue weighted by Crippen LogP contribution is -2.14. The molecule has 4 aromatic rings. The number of aryl methyl sites for hydroxylation is 2. The van der Waals surface area contributed by atoms with Gasteiger partial charge in [-0.15, -0.1) is 11.3 Å². The van der Waals surface area contributed by atoms with Gasteiger partial charge < -0.3 is 10.1 Å². The number of anilines is 1. The van der Waals surface area contributed by atoms with Crippen molar-refractivity contribution >= 4 is 22.9 Å². The van der Waals surface area contributed by atoms with Crippen LogP contribution in [0.5, 0.6) is 11.6 Å². The number of amides is 1. The van der Waals surface area contributed by atoms with Crippen LogP contribution in [0.2, 0.25) is 0 Å². The smallest absolute Gasteiger partial charge is 0.237 e. The van der Waals surface area contributed by atoms with Gasteiger partial charge in [0.05, 0.1) is 23.3 Å². The molecule has 0 unspecified atom stereocenters. The molecule has 0 saturated heterocycles. The molecule has 2 aromatic heterocycles. The van der Waals surface area contributed by atoms with E-state index in [-0.39, 0.29) is 12.3 Å². The van der Waals surface area contributed by atoms with E-state index in [9.17, 15) is 4.79 Å². The van der Waals surface area contributed by atoms with Crippen molar-refractivity contribution in [1.82, 2.24) is 15.0 Å². The molecule has 0 fully saturated rings. The number of nitrogens with zero attached hydrogens (tertiary/aromatic N) is 3. The van der Waals surface area contributed by atoms with E-state index in [4.69, 9.17) is 4.74 Å². The number of thiazole rings is 1. The Kier molecular flexibility index (Phi) is 5.81. The summed E-state index contributed by atoms with van der Waals surface area (Å²) in [5.41, 5.74) is 3.73. The first-order chi connectivity index (χ1) is 14.6. The van der Waals surface area contributed by atoms with Gasteiger partial charge in [-0.25, -0.2) is 9.97 Å². The van der Waals surface area contributed by atoms with Gasteiger partial charge in [0.1, 0.15) is 5.75 Å². The molecule has 7 heteroatoms. The fourth-order valence-corrected chi connectivity index (χ4v) is 3.93. The van der Waals surface area contributed by atoms with Gasteiger partial charge in [0.15, 0.2) is 0 Å². The molecule has 0 saturated carbocycles. The maximum Gasteiger partial charge on any atom is 0.237 e. The quantitative estimate of drug-likeness (QED) is 0.468. The van der Waals surface area contributed by atoms with Crippen LogP contribution >= 0.6 is 11.3 Å². The number of aromatic nitrogens is 3. The zero-order valence-corrected chi connectivity index (χ0v) is 17.4. The van der Waals surface area contributed by atoms with Crippen molar-refractivity contribution in [2.24, 2.45) is 0 Å². The third kappa shape index (κ3) is 4.87. The summed E-state index contributed by atoms with van der Waals surface area (Å²) in [4.78, 5) is 26.4. The Morgan fingerprint density at radius 2 is 1.93 bits per heavy atom.